The Morgan fingerprint density at radius 2 is 1.80 bits per heavy atom. The lowest BCUT2D eigenvalue weighted by Gasteiger charge is -2.11. The third kappa shape index (κ3) is 3.01. The molecule has 0 aliphatic rings. The smallest absolute Gasteiger partial charge is 0.257 e. The second-order valence-corrected chi connectivity index (χ2v) is 5.46. The molecule has 0 aliphatic carbocycles. The fourth-order valence-electron chi connectivity index (χ4n) is 1.67. The fraction of sp³-hybridized carbons (Fsp3) is 0.0714. The Hall–Kier alpha value is -1.42. The molecule has 2 aromatic carbocycles. The van der Waals surface area contributed by atoms with Gasteiger partial charge in [-0.25, -0.2) is 0 Å². The molecule has 3 N–H and O–H groups in total. The number of hydrogen-bond donors (Lipinski definition) is 2. The Balaban J connectivity index is 2.33. The standard InChI is InChI=1S/C14H11Cl3N2O/c1-7-5-11(17)12(6-10(7)16)19-14(20)8-3-2-4-9(15)13(8)18/h2-6H,18H2,1H3,(H,19,20). The van der Waals surface area contributed by atoms with Crippen LogP contribution in [0.5, 0.6) is 0 Å². The topological polar surface area (TPSA) is 55.1 Å². The van der Waals surface area contributed by atoms with E-state index in [0.717, 1.165) is 5.56 Å². The number of carbonyl (C=O) groups is 1. The van der Waals surface area contributed by atoms with Crippen LogP contribution in [-0.2, 0) is 0 Å². The van der Waals surface area contributed by atoms with E-state index in [9.17, 15) is 4.79 Å². The summed E-state index contributed by atoms with van der Waals surface area (Å²) in [7, 11) is 0. The van der Waals surface area contributed by atoms with Crippen molar-refractivity contribution in [2.24, 2.45) is 0 Å². The molecule has 0 atom stereocenters. The van der Waals surface area contributed by atoms with Gasteiger partial charge >= 0.3 is 0 Å². The summed E-state index contributed by atoms with van der Waals surface area (Å²) in [5.74, 6) is -0.396. The van der Waals surface area contributed by atoms with Gasteiger partial charge in [-0.05, 0) is 36.8 Å². The molecule has 0 bridgehead atoms. The summed E-state index contributed by atoms with van der Waals surface area (Å²) in [6.07, 6.45) is 0. The van der Waals surface area contributed by atoms with Crippen molar-refractivity contribution in [1.82, 2.24) is 0 Å². The van der Waals surface area contributed by atoms with Gasteiger partial charge in [-0.15, -0.1) is 0 Å². The number of nitrogens with two attached hydrogens (primary N) is 1. The van der Waals surface area contributed by atoms with Crippen LogP contribution in [-0.4, -0.2) is 5.91 Å². The van der Waals surface area contributed by atoms with Crippen LogP contribution in [0.25, 0.3) is 0 Å². The van der Waals surface area contributed by atoms with Crippen molar-refractivity contribution in [3.05, 3.63) is 56.5 Å². The number of nitrogens with one attached hydrogen (secondary N) is 1. The Kier molecular flexibility index (Phi) is 4.43. The van der Waals surface area contributed by atoms with E-state index in [-0.39, 0.29) is 11.3 Å². The molecule has 0 unspecified atom stereocenters. The summed E-state index contributed by atoms with van der Waals surface area (Å²) in [5, 5.41) is 3.91. The minimum Gasteiger partial charge on any atom is -0.397 e. The van der Waals surface area contributed by atoms with Gasteiger partial charge in [-0.2, -0.15) is 0 Å². The number of carbonyl (C=O) groups excluding carboxylic acids is 1. The molecule has 2 aromatic rings. The van der Waals surface area contributed by atoms with Gasteiger partial charge in [0.1, 0.15) is 0 Å². The first-order valence-electron chi connectivity index (χ1n) is 5.71. The van der Waals surface area contributed by atoms with Crippen molar-refractivity contribution >= 4 is 52.1 Å². The van der Waals surface area contributed by atoms with Crippen molar-refractivity contribution < 1.29 is 4.79 Å². The minimum absolute atomic E-state index is 0.223. The number of aryl methyl sites for hydroxylation is 1. The Morgan fingerprint density at radius 3 is 2.50 bits per heavy atom. The van der Waals surface area contributed by atoms with Gasteiger partial charge < -0.3 is 11.1 Å². The van der Waals surface area contributed by atoms with E-state index >= 15 is 0 Å². The molecule has 104 valence electrons. The van der Waals surface area contributed by atoms with Crippen molar-refractivity contribution in [2.75, 3.05) is 11.1 Å². The number of halogens is 3. The molecule has 0 saturated heterocycles. The number of amides is 1. The zero-order valence-corrected chi connectivity index (χ0v) is 12.8. The van der Waals surface area contributed by atoms with E-state index in [1.54, 1.807) is 30.3 Å². The van der Waals surface area contributed by atoms with Crippen LogP contribution in [0.1, 0.15) is 15.9 Å². The monoisotopic (exact) mass is 328 g/mol. The summed E-state index contributed by atoms with van der Waals surface area (Å²) in [6.45, 7) is 1.83. The zero-order chi connectivity index (χ0) is 14.9. The molecule has 0 aromatic heterocycles. The van der Waals surface area contributed by atoms with Crippen molar-refractivity contribution in [1.29, 1.82) is 0 Å². The summed E-state index contributed by atoms with van der Waals surface area (Å²) in [5.41, 5.74) is 7.54. The van der Waals surface area contributed by atoms with Crippen molar-refractivity contribution in [3.8, 4) is 0 Å². The second-order valence-electron chi connectivity index (χ2n) is 4.24. The van der Waals surface area contributed by atoms with Gasteiger partial charge in [0, 0.05) is 5.02 Å². The Bertz CT molecular complexity index is 686. The maximum Gasteiger partial charge on any atom is 0.257 e. The Labute approximate surface area is 131 Å². The first-order valence-corrected chi connectivity index (χ1v) is 6.84. The van der Waals surface area contributed by atoms with E-state index in [0.29, 0.717) is 20.8 Å². The normalized spacial score (nSPS) is 10.4. The predicted molar refractivity (Wildman–Crippen MR) is 85.0 cm³/mol. The summed E-state index contributed by atoms with van der Waals surface area (Å²) in [6, 6.07) is 8.12. The van der Waals surface area contributed by atoms with E-state index in [1.807, 2.05) is 6.92 Å². The number of rotatable bonds is 2. The van der Waals surface area contributed by atoms with Gasteiger partial charge in [0.25, 0.3) is 5.91 Å². The maximum atomic E-state index is 12.2. The van der Waals surface area contributed by atoms with Crippen LogP contribution >= 0.6 is 34.8 Å². The molecular weight excluding hydrogens is 319 g/mol. The summed E-state index contributed by atoms with van der Waals surface area (Å²) >= 11 is 18.0. The third-order valence-corrected chi connectivity index (χ3v) is 3.84. The number of anilines is 2. The molecule has 3 nitrogen and oxygen atoms in total. The lowest BCUT2D eigenvalue weighted by Crippen LogP contribution is -2.14. The molecular formula is C14H11Cl3N2O. The molecule has 0 saturated carbocycles. The molecule has 0 fully saturated rings. The van der Waals surface area contributed by atoms with E-state index in [1.165, 1.54) is 0 Å². The third-order valence-electron chi connectivity index (χ3n) is 2.79. The highest BCUT2D eigenvalue weighted by Gasteiger charge is 2.14. The zero-order valence-electron chi connectivity index (χ0n) is 10.5. The predicted octanol–water partition coefficient (Wildman–Crippen LogP) is 4.79. The largest absolute Gasteiger partial charge is 0.397 e. The number of hydrogen-bond acceptors (Lipinski definition) is 2. The highest BCUT2D eigenvalue weighted by molar-refractivity contribution is 6.37. The highest BCUT2D eigenvalue weighted by Crippen LogP contribution is 2.30. The first-order chi connectivity index (χ1) is 9.40. The van der Waals surface area contributed by atoms with Crippen LogP contribution in [0.15, 0.2) is 30.3 Å². The van der Waals surface area contributed by atoms with Crippen LogP contribution < -0.4 is 11.1 Å². The number of para-hydroxylation sites is 1. The van der Waals surface area contributed by atoms with Crippen LogP contribution in [0, 0.1) is 6.92 Å². The number of nitrogen functional groups attached to an aromatic ring is 1. The summed E-state index contributed by atoms with van der Waals surface area (Å²) < 4.78 is 0. The molecule has 20 heavy (non-hydrogen) atoms. The SMILES string of the molecule is Cc1cc(Cl)c(NC(=O)c2cccc(Cl)c2N)cc1Cl. The van der Waals surface area contributed by atoms with E-state index in [4.69, 9.17) is 40.5 Å². The molecule has 0 heterocycles. The molecule has 0 aliphatic heterocycles. The van der Waals surface area contributed by atoms with Crippen molar-refractivity contribution in [2.45, 2.75) is 6.92 Å². The average molecular weight is 330 g/mol. The van der Waals surface area contributed by atoms with Gasteiger partial charge in [-0.3, -0.25) is 4.79 Å². The molecule has 0 radical (unpaired) electrons. The van der Waals surface area contributed by atoms with Crippen LogP contribution in [0.2, 0.25) is 15.1 Å². The molecule has 0 spiro atoms. The fourth-order valence-corrected chi connectivity index (χ4v) is 2.27. The van der Waals surface area contributed by atoms with Crippen LogP contribution in [0.3, 0.4) is 0 Å². The lowest BCUT2D eigenvalue weighted by molar-refractivity contribution is 0.102. The van der Waals surface area contributed by atoms with Gasteiger partial charge in [0.15, 0.2) is 0 Å². The van der Waals surface area contributed by atoms with Gasteiger partial charge in [0.2, 0.25) is 0 Å². The van der Waals surface area contributed by atoms with Crippen molar-refractivity contribution in [3.63, 3.8) is 0 Å². The average Bonchev–Trinajstić information content (AvgIpc) is 2.39. The molecule has 1 amide bonds. The van der Waals surface area contributed by atoms with E-state index < -0.39 is 5.91 Å². The maximum absolute atomic E-state index is 12.2. The quantitative estimate of drug-likeness (QED) is 0.778. The molecule has 6 heteroatoms. The molecule has 2 rings (SSSR count). The van der Waals surface area contributed by atoms with Gasteiger partial charge in [0.05, 0.1) is 27.0 Å². The second kappa shape index (κ2) is 5.92. The first kappa shape index (κ1) is 15.0. The lowest BCUT2D eigenvalue weighted by atomic mass is 10.1. The van der Waals surface area contributed by atoms with E-state index in [2.05, 4.69) is 5.32 Å². The minimum atomic E-state index is -0.396. The van der Waals surface area contributed by atoms with Gasteiger partial charge in [-0.1, -0.05) is 40.9 Å². The summed E-state index contributed by atoms with van der Waals surface area (Å²) in [4.78, 5) is 12.2. The van der Waals surface area contributed by atoms with Crippen LogP contribution in [0.4, 0.5) is 11.4 Å². The highest BCUT2D eigenvalue weighted by atomic mass is 35.5. The number of benzene rings is 2. The Morgan fingerprint density at radius 1 is 1.10 bits per heavy atom.